The first kappa shape index (κ1) is 22.4. The van der Waals surface area contributed by atoms with Crippen molar-refractivity contribution in [2.24, 2.45) is 0 Å². The Labute approximate surface area is 106 Å². The third-order valence-electron chi connectivity index (χ3n) is 0. The Hall–Kier alpha value is 2.59. The summed E-state index contributed by atoms with van der Waals surface area (Å²) in [6.45, 7) is 0. The van der Waals surface area contributed by atoms with Crippen molar-refractivity contribution in [1.82, 2.24) is 0 Å². The van der Waals surface area contributed by atoms with Crippen molar-refractivity contribution in [1.29, 1.82) is 0 Å². The van der Waals surface area contributed by atoms with Gasteiger partial charge in [-0.1, -0.05) is 0 Å². The number of phosphoric acid groups is 1. The summed E-state index contributed by atoms with van der Waals surface area (Å²) in [5.41, 5.74) is 0. The average Bonchev–Trinajstić information content (AvgIpc) is 0.722. The zero-order valence-electron chi connectivity index (χ0n) is 3.33. The van der Waals surface area contributed by atoms with Crippen LogP contribution >= 0.6 is 7.82 Å². The van der Waals surface area contributed by atoms with E-state index in [4.69, 9.17) is 19.2 Å². The van der Waals surface area contributed by atoms with Crippen LogP contribution in [-0.4, -0.2) is 85.8 Å². The van der Waals surface area contributed by atoms with E-state index in [1.165, 1.54) is 0 Å². The van der Waals surface area contributed by atoms with Gasteiger partial charge in [-0.05, 0) is 0 Å². The molecule has 0 aromatic rings. The predicted molar refractivity (Wildman–Crippen MR) is 27.7 cm³/mol. The van der Waals surface area contributed by atoms with Gasteiger partial charge in [-0.25, -0.2) is 0 Å². The van der Waals surface area contributed by atoms with Crippen molar-refractivity contribution in [2.75, 3.05) is 0 Å². The summed E-state index contributed by atoms with van der Waals surface area (Å²) in [6, 6.07) is 0. The summed E-state index contributed by atoms with van der Waals surface area (Å²) in [5, 5.41) is 0. The zero-order chi connectivity index (χ0) is 4.50. The molecule has 0 aliphatic rings. The van der Waals surface area contributed by atoms with Gasteiger partial charge in [0.2, 0.25) is 0 Å². The molecule has 0 fully saturated rings. The van der Waals surface area contributed by atoms with Crippen LogP contribution in [0.2, 0.25) is 0 Å². The summed E-state index contributed by atoms with van der Waals surface area (Å²) in [4.78, 5) is 24.3. The van der Waals surface area contributed by atoms with Crippen LogP contribution in [0.15, 0.2) is 0 Å². The molecule has 44 valence electrons. The first-order valence-electron chi connectivity index (χ1n) is 0.748. The summed E-state index contributed by atoms with van der Waals surface area (Å²) in [5.74, 6) is 0. The van der Waals surface area contributed by atoms with E-state index < -0.39 is 7.82 Å². The topological polar surface area (TPSA) is 115 Å². The second kappa shape index (κ2) is 9.59. The number of hydrogen-bond acceptors (Lipinski definition) is 3. The molecule has 0 saturated heterocycles. The van der Waals surface area contributed by atoms with Gasteiger partial charge in [0.1, 0.15) is 0 Å². The van der Waals surface area contributed by atoms with E-state index in [0.29, 0.717) is 0 Å². The molecule has 0 bridgehead atoms. The fourth-order valence-electron chi connectivity index (χ4n) is 0. The van der Waals surface area contributed by atoms with Crippen molar-refractivity contribution in [2.45, 2.75) is 0 Å². The Kier molecular flexibility index (Phi) is 26.9. The van der Waals surface area contributed by atoms with Gasteiger partial charge in [0.15, 0.2) is 0 Å². The van der Waals surface area contributed by atoms with E-state index in [9.17, 15) is 0 Å². The third kappa shape index (κ3) is 73.8. The van der Waals surface area contributed by atoms with E-state index in [0.717, 1.165) is 0 Å². The molecule has 0 amide bonds. The Morgan fingerprint density at radius 3 is 1.38 bits per heavy atom. The fourth-order valence-corrected chi connectivity index (χ4v) is 0. The summed E-state index contributed by atoms with van der Waals surface area (Å²) in [6.07, 6.45) is 0. The first-order chi connectivity index (χ1) is 2.00. The Bertz CT molecular complexity index is 56.6. The van der Waals surface area contributed by atoms with Crippen molar-refractivity contribution >= 4 is 83.3 Å². The average molecular weight is 196 g/mol. The first-order valence-corrected chi connectivity index (χ1v) is 2.24. The molecule has 0 aliphatic carbocycles. The van der Waals surface area contributed by atoms with Crippen LogP contribution in [0, 0.1) is 0 Å². The van der Waals surface area contributed by atoms with E-state index >= 15 is 0 Å². The molecule has 5 nitrogen and oxygen atoms in total. The monoisotopic (exact) mass is 196 g/mol. The molecule has 0 spiro atoms. The minimum absolute atomic E-state index is 0. The maximum absolute atomic E-state index is 8.66. The second-order valence-electron chi connectivity index (χ2n) is 0.469. The molecule has 3 N–H and O–H groups in total. The van der Waals surface area contributed by atoms with Gasteiger partial charge in [0.25, 0.3) is 0 Å². The van der Waals surface area contributed by atoms with Crippen LogP contribution < -0.4 is 9.79 Å². The molecule has 0 radical (unpaired) electrons. The van der Waals surface area contributed by atoms with Gasteiger partial charge in [0.05, 0.1) is 7.82 Å². The molecule has 0 rings (SSSR count). The van der Waals surface area contributed by atoms with Gasteiger partial charge in [0, 0.05) is 0 Å². The number of hydrogen-bond donors (Lipinski definition) is 1. The van der Waals surface area contributed by atoms with E-state index in [-0.39, 0.29) is 81.0 Å². The Morgan fingerprint density at radius 1 is 1.38 bits per heavy atom. The fraction of sp³-hybridized carbons (Fsp3) is 0. The van der Waals surface area contributed by atoms with E-state index in [1.54, 1.807) is 0 Å². The van der Waals surface area contributed by atoms with Crippen LogP contribution in [0.1, 0.15) is 0 Å². The molecule has 0 aromatic carbocycles. The molecule has 0 saturated carbocycles. The molecule has 8 heavy (non-hydrogen) atoms. The Balaban J connectivity index is -0.0000000267. The van der Waals surface area contributed by atoms with Gasteiger partial charge in [-0.2, -0.15) is 0 Å². The van der Waals surface area contributed by atoms with Gasteiger partial charge < -0.3 is 24.7 Å². The summed E-state index contributed by atoms with van der Waals surface area (Å²) in [7, 11) is -5.14. The van der Waals surface area contributed by atoms with Crippen molar-refractivity contribution in [3.05, 3.63) is 0 Å². The molecule has 0 heterocycles. The molecular formula is H5Ca2O5P. The zero-order valence-corrected chi connectivity index (χ0v) is 6.43. The number of rotatable bonds is 0. The molecular weight excluding hydrogens is 191 g/mol. The molecule has 8 heteroatoms. The van der Waals surface area contributed by atoms with Crippen LogP contribution in [0.5, 0.6) is 0 Å². The van der Waals surface area contributed by atoms with E-state index in [2.05, 4.69) is 0 Å². The third-order valence-corrected chi connectivity index (χ3v) is 0. The van der Waals surface area contributed by atoms with Crippen LogP contribution in [0.4, 0.5) is 0 Å². The maximum atomic E-state index is 8.66. The molecule has 0 aliphatic heterocycles. The molecule has 0 atom stereocenters. The van der Waals surface area contributed by atoms with Crippen LogP contribution in [-0.2, 0) is 4.57 Å². The van der Waals surface area contributed by atoms with Crippen molar-refractivity contribution in [3.63, 3.8) is 0 Å². The Morgan fingerprint density at radius 2 is 1.38 bits per heavy atom. The van der Waals surface area contributed by atoms with Gasteiger partial charge >= 0.3 is 75.5 Å². The van der Waals surface area contributed by atoms with Gasteiger partial charge in [-0.3, -0.25) is 0 Å². The van der Waals surface area contributed by atoms with Crippen LogP contribution in [0.25, 0.3) is 0 Å². The quantitative estimate of drug-likeness (QED) is 0.311. The summed E-state index contributed by atoms with van der Waals surface area (Å²) >= 11 is 0. The normalized spacial score (nSPS) is 7.38. The van der Waals surface area contributed by atoms with Crippen LogP contribution in [0.3, 0.4) is 0 Å². The predicted octanol–water partition coefficient (Wildman–Crippen LogP) is -4.31. The summed E-state index contributed by atoms with van der Waals surface area (Å²) < 4.78 is 8.66. The van der Waals surface area contributed by atoms with Crippen molar-refractivity contribution in [3.8, 4) is 0 Å². The SMILES string of the molecule is O.O=P([O-])([O-])O.[Ca+2].[CaH2]. The minimum atomic E-state index is -5.14. The van der Waals surface area contributed by atoms with Crippen molar-refractivity contribution < 1.29 is 24.7 Å². The molecule has 0 unspecified atom stereocenters. The second-order valence-corrected chi connectivity index (χ2v) is 1.41. The van der Waals surface area contributed by atoms with Gasteiger partial charge in [-0.15, -0.1) is 0 Å². The van der Waals surface area contributed by atoms with E-state index in [1.807, 2.05) is 0 Å². The molecule has 0 aromatic heterocycles. The standard InChI is InChI=1S/2Ca.H3O4P.H2O.2H/c;;1-5(2,3)4;;;/h;;(H3,1,2,3,4);1H2;;/q;+2;;;;/p-2.